The lowest BCUT2D eigenvalue weighted by Gasteiger charge is -2.36. The van der Waals surface area contributed by atoms with Crippen molar-refractivity contribution in [2.24, 2.45) is 0 Å². The predicted octanol–water partition coefficient (Wildman–Crippen LogP) is 3.75. The molecule has 29 heavy (non-hydrogen) atoms. The quantitative estimate of drug-likeness (QED) is 0.691. The smallest absolute Gasteiger partial charge is 0.317 e. The van der Waals surface area contributed by atoms with Crippen molar-refractivity contribution < 1.29 is 13.9 Å². The van der Waals surface area contributed by atoms with Crippen LogP contribution in [-0.2, 0) is 6.54 Å². The number of aromatic nitrogens is 1. The maximum atomic E-state index is 12.5. The number of nitrogens with one attached hydrogen (secondary N) is 1. The number of carbonyl (C=O) groups excluding carboxylic acids is 1. The first-order valence-corrected chi connectivity index (χ1v) is 10.4. The molecule has 2 amide bonds. The minimum Gasteiger partial charge on any atom is -0.497 e. The lowest BCUT2D eigenvalue weighted by Crippen LogP contribution is -2.51. The molecule has 1 N–H and O–H groups in total. The van der Waals surface area contributed by atoms with Gasteiger partial charge in [0.05, 0.1) is 18.7 Å². The summed E-state index contributed by atoms with van der Waals surface area (Å²) in [5.74, 6) is 2.29. The number of anilines is 1. The molecule has 1 aliphatic heterocycles. The van der Waals surface area contributed by atoms with E-state index in [2.05, 4.69) is 15.2 Å². The summed E-state index contributed by atoms with van der Waals surface area (Å²) in [6.45, 7) is 5.29. The molecule has 7 nitrogen and oxygen atoms in total. The maximum Gasteiger partial charge on any atom is 0.317 e. The number of rotatable bonds is 5. The first-order chi connectivity index (χ1) is 14.1. The second-order valence-corrected chi connectivity index (χ2v) is 7.91. The summed E-state index contributed by atoms with van der Waals surface area (Å²) in [6, 6.07) is 11.7. The molecular weight excluding hydrogens is 388 g/mol. The van der Waals surface area contributed by atoms with Crippen molar-refractivity contribution in [3.05, 3.63) is 52.5 Å². The van der Waals surface area contributed by atoms with E-state index in [1.54, 1.807) is 18.4 Å². The minimum atomic E-state index is -0.0677. The largest absolute Gasteiger partial charge is 0.497 e. The molecule has 4 rings (SSSR count). The van der Waals surface area contributed by atoms with Crippen LogP contribution in [0.15, 0.2) is 46.2 Å². The Labute approximate surface area is 173 Å². The summed E-state index contributed by atoms with van der Waals surface area (Å²) >= 11 is 1.59. The third-order valence-corrected chi connectivity index (χ3v) is 5.72. The predicted molar refractivity (Wildman–Crippen MR) is 114 cm³/mol. The van der Waals surface area contributed by atoms with Crippen LogP contribution in [0.2, 0.25) is 0 Å². The van der Waals surface area contributed by atoms with Crippen molar-refractivity contribution in [2.75, 3.05) is 38.2 Å². The standard InChI is InChI=1S/C21H24N4O3S/c1-15-23-19(14-29-15)20-8-7-18(28-20)13-22-21(26)25-11-9-24(10-12-25)16-3-5-17(27-2)6-4-16/h3-8,14H,9-13H2,1-2H3,(H,22,26). The Hall–Kier alpha value is -3.00. The van der Waals surface area contributed by atoms with Crippen molar-refractivity contribution in [3.8, 4) is 17.2 Å². The molecule has 3 heterocycles. The summed E-state index contributed by atoms with van der Waals surface area (Å²) in [7, 11) is 1.66. The number of hydrogen-bond acceptors (Lipinski definition) is 6. The Morgan fingerprint density at radius 1 is 1.17 bits per heavy atom. The highest BCUT2D eigenvalue weighted by Gasteiger charge is 2.21. The van der Waals surface area contributed by atoms with Gasteiger partial charge < -0.3 is 24.3 Å². The van der Waals surface area contributed by atoms with Crippen molar-refractivity contribution in [2.45, 2.75) is 13.5 Å². The fourth-order valence-electron chi connectivity index (χ4n) is 3.32. The van der Waals surface area contributed by atoms with E-state index in [4.69, 9.17) is 9.15 Å². The van der Waals surface area contributed by atoms with Gasteiger partial charge in [-0.25, -0.2) is 9.78 Å². The van der Waals surface area contributed by atoms with E-state index in [-0.39, 0.29) is 6.03 Å². The summed E-state index contributed by atoms with van der Waals surface area (Å²) in [5.41, 5.74) is 1.98. The molecule has 0 saturated carbocycles. The number of methoxy groups -OCH3 is 1. The van der Waals surface area contributed by atoms with Gasteiger partial charge in [0.1, 0.15) is 17.2 Å². The monoisotopic (exact) mass is 412 g/mol. The van der Waals surface area contributed by atoms with Crippen molar-refractivity contribution in [1.29, 1.82) is 0 Å². The molecule has 1 saturated heterocycles. The highest BCUT2D eigenvalue weighted by atomic mass is 32.1. The molecule has 0 aliphatic carbocycles. The average molecular weight is 413 g/mol. The highest BCUT2D eigenvalue weighted by Crippen LogP contribution is 2.24. The van der Waals surface area contributed by atoms with Crippen LogP contribution < -0.4 is 15.0 Å². The topological polar surface area (TPSA) is 70.8 Å². The first kappa shape index (κ1) is 19.3. The number of benzene rings is 1. The molecule has 0 radical (unpaired) electrons. The van der Waals surface area contributed by atoms with Crippen LogP contribution in [0.3, 0.4) is 0 Å². The molecular formula is C21H24N4O3S. The van der Waals surface area contributed by atoms with Crippen molar-refractivity contribution in [3.63, 3.8) is 0 Å². The number of amides is 2. The average Bonchev–Trinajstić information content (AvgIpc) is 3.41. The van der Waals surface area contributed by atoms with Gasteiger partial charge in [0.25, 0.3) is 0 Å². The molecule has 1 aliphatic rings. The van der Waals surface area contributed by atoms with Gasteiger partial charge in [-0.1, -0.05) is 0 Å². The summed E-state index contributed by atoms with van der Waals surface area (Å²) < 4.78 is 11.0. The molecule has 0 atom stereocenters. The normalized spacial score (nSPS) is 14.1. The second-order valence-electron chi connectivity index (χ2n) is 6.85. The Morgan fingerprint density at radius 2 is 1.93 bits per heavy atom. The van der Waals surface area contributed by atoms with Gasteiger partial charge in [-0.2, -0.15) is 0 Å². The number of thiazole rings is 1. The SMILES string of the molecule is COc1ccc(N2CCN(C(=O)NCc3ccc(-c4csc(C)n4)o3)CC2)cc1. The number of hydrogen-bond donors (Lipinski definition) is 1. The van der Waals surface area contributed by atoms with E-state index in [0.717, 1.165) is 46.7 Å². The van der Waals surface area contributed by atoms with Gasteiger partial charge in [0.2, 0.25) is 0 Å². The molecule has 8 heteroatoms. The van der Waals surface area contributed by atoms with E-state index in [1.165, 1.54) is 0 Å². The van der Waals surface area contributed by atoms with E-state index in [9.17, 15) is 4.79 Å². The lowest BCUT2D eigenvalue weighted by molar-refractivity contribution is 0.193. The van der Waals surface area contributed by atoms with Crippen LogP contribution in [-0.4, -0.2) is 49.2 Å². The van der Waals surface area contributed by atoms with Crippen molar-refractivity contribution >= 4 is 23.1 Å². The fourth-order valence-corrected chi connectivity index (χ4v) is 3.92. The second kappa shape index (κ2) is 8.57. The van der Waals surface area contributed by atoms with Crippen LogP contribution in [0.4, 0.5) is 10.5 Å². The molecule has 0 spiro atoms. The number of piperazine rings is 1. The maximum absolute atomic E-state index is 12.5. The van der Waals surface area contributed by atoms with Gasteiger partial charge in [0, 0.05) is 37.2 Å². The molecule has 3 aromatic rings. The number of furan rings is 1. The van der Waals surface area contributed by atoms with Crippen LogP contribution in [0.5, 0.6) is 5.75 Å². The molecule has 0 bridgehead atoms. The summed E-state index contributed by atoms with van der Waals surface area (Å²) in [6.07, 6.45) is 0. The van der Waals surface area contributed by atoms with Crippen molar-refractivity contribution in [1.82, 2.24) is 15.2 Å². The van der Waals surface area contributed by atoms with E-state index < -0.39 is 0 Å². The van der Waals surface area contributed by atoms with Gasteiger partial charge in [0.15, 0.2) is 5.76 Å². The zero-order valence-electron chi connectivity index (χ0n) is 16.6. The number of ether oxygens (including phenoxy) is 1. The van der Waals surface area contributed by atoms with E-state index >= 15 is 0 Å². The minimum absolute atomic E-state index is 0.0677. The molecule has 0 unspecified atom stereocenters. The van der Waals surface area contributed by atoms with Crippen LogP contribution in [0, 0.1) is 6.92 Å². The van der Waals surface area contributed by atoms with E-state index in [0.29, 0.717) is 19.6 Å². The molecule has 1 aromatic carbocycles. The number of aryl methyl sites for hydroxylation is 1. The first-order valence-electron chi connectivity index (χ1n) is 9.55. The number of urea groups is 1. The van der Waals surface area contributed by atoms with Gasteiger partial charge in [-0.15, -0.1) is 11.3 Å². The number of carbonyl (C=O) groups is 1. The van der Waals surface area contributed by atoms with E-state index in [1.807, 2.05) is 53.6 Å². The molecule has 1 fully saturated rings. The molecule has 152 valence electrons. The highest BCUT2D eigenvalue weighted by molar-refractivity contribution is 7.09. The molecule has 2 aromatic heterocycles. The van der Waals surface area contributed by atoms with Crippen LogP contribution in [0.25, 0.3) is 11.5 Å². The Balaban J connectivity index is 1.26. The zero-order chi connectivity index (χ0) is 20.2. The van der Waals surface area contributed by atoms with Crippen LogP contribution >= 0.6 is 11.3 Å². The van der Waals surface area contributed by atoms with Gasteiger partial charge in [-0.05, 0) is 43.3 Å². The van der Waals surface area contributed by atoms with Crippen LogP contribution in [0.1, 0.15) is 10.8 Å². The van der Waals surface area contributed by atoms with Gasteiger partial charge in [-0.3, -0.25) is 0 Å². The zero-order valence-corrected chi connectivity index (χ0v) is 17.4. The third kappa shape index (κ3) is 4.54. The van der Waals surface area contributed by atoms with Gasteiger partial charge >= 0.3 is 6.03 Å². The Kier molecular flexibility index (Phi) is 5.71. The Morgan fingerprint density at radius 3 is 2.59 bits per heavy atom. The third-order valence-electron chi connectivity index (χ3n) is 4.95. The lowest BCUT2D eigenvalue weighted by atomic mass is 10.2. The number of nitrogens with zero attached hydrogens (tertiary/aromatic N) is 3. The Bertz CT molecular complexity index is 958. The summed E-state index contributed by atoms with van der Waals surface area (Å²) in [4.78, 5) is 21.0. The summed E-state index contributed by atoms with van der Waals surface area (Å²) in [5, 5.41) is 5.92. The fraction of sp³-hybridized carbons (Fsp3) is 0.333.